The molecule has 0 saturated carbocycles. The van der Waals surface area contributed by atoms with Crippen LogP contribution in [-0.2, 0) is 5.41 Å². The van der Waals surface area contributed by atoms with Gasteiger partial charge in [0.05, 0.1) is 6.54 Å². The standard InChI is InChI=1S/C22H32N6.HI/c1-5-23-20(26-17-22(3,4)19-9-7-18(2)8-10-19)27-13-15-28(16-14-27)21-24-11-6-12-25-21;/h6-12H,5,13-17H2,1-4H3,(H,23,26);1H. The number of aromatic nitrogens is 2. The second-order valence-electron chi connectivity index (χ2n) is 7.94. The van der Waals surface area contributed by atoms with Crippen molar-refractivity contribution in [3.8, 4) is 0 Å². The largest absolute Gasteiger partial charge is 0.357 e. The van der Waals surface area contributed by atoms with Crippen molar-refractivity contribution in [3.63, 3.8) is 0 Å². The lowest BCUT2D eigenvalue weighted by atomic mass is 9.84. The third kappa shape index (κ3) is 6.29. The average molecular weight is 508 g/mol. The van der Waals surface area contributed by atoms with Crippen LogP contribution in [0.4, 0.5) is 5.95 Å². The lowest BCUT2D eigenvalue weighted by Crippen LogP contribution is -2.53. The van der Waals surface area contributed by atoms with Crippen molar-refractivity contribution in [2.24, 2.45) is 4.99 Å². The van der Waals surface area contributed by atoms with Gasteiger partial charge in [0.1, 0.15) is 0 Å². The van der Waals surface area contributed by atoms with E-state index in [9.17, 15) is 0 Å². The minimum Gasteiger partial charge on any atom is -0.357 e. The summed E-state index contributed by atoms with van der Waals surface area (Å²) in [6.45, 7) is 14.0. The van der Waals surface area contributed by atoms with Crippen LogP contribution in [0.1, 0.15) is 31.9 Å². The fraction of sp³-hybridized carbons (Fsp3) is 0.500. The molecule has 1 aliphatic rings. The first-order chi connectivity index (χ1) is 13.5. The van der Waals surface area contributed by atoms with Crippen LogP contribution < -0.4 is 10.2 Å². The number of hydrogen-bond donors (Lipinski definition) is 1. The first-order valence-electron chi connectivity index (χ1n) is 10.1. The highest BCUT2D eigenvalue weighted by Gasteiger charge is 2.24. The molecular weight excluding hydrogens is 475 g/mol. The summed E-state index contributed by atoms with van der Waals surface area (Å²) >= 11 is 0. The molecule has 0 bridgehead atoms. The molecule has 0 aliphatic carbocycles. The maximum absolute atomic E-state index is 4.99. The summed E-state index contributed by atoms with van der Waals surface area (Å²) in [5.74, 6) is 1.81. The van der Waals surface area contributed by atoms with Crippen molar-refractivity contribution in [1.29, 1.82) is 0 Å². The first-order valence-corrected chi connectivity index (χ1v) is 10.1. The molecule has 1 fully saturated rings. The third-order valence-corrected chi connectivity index (χ3v) is 5.21. The summed E-state index contributed by atoms with van der Waals surface area (Å²) in [7, 11) is 0. The molecule has 0 unspecified atom stereocenters. The minimum atomic E-state index is -0.00588. The Morgan fingerprint density at radius 2 is 1.69 bits per heavy atom. The van der Waals surface area contributed by atoms with Crippen molar-refractivity contribution in [2.45, 2.75) is 33.1 Å². The van der Waals surface area contributed by atoms with Gasteiger partial charge in [-0.25, -0.2) is 9.97 Å². The van der Waals surface area contributed by atoms with Crippen molar-refractivity contribution in [1.82, 2.24) is 20.2 Å². The number of piperazine rings is 1. The minimum absolute atomic E-state index is 0. The lowest BCUT2D eigenvalue weighted by Gasteiger charge is -2.37. The third-order valence-electron chi connectivity index (χ3n) is 5.21. The van der Waals surface area contributed by atoms with Crippen LogP contribution in [0, 0.1) is 6.92 Å². The molecule has 6 nitrogen and oxygen atoms in total. The molecular formula is C22H33IN6. The Kier molecular flexibility index (Phi) is 8.67. The van der Waals surface area contributed by atoms with Gasteiger partial charge in [0, 0.05) is 50.5 Å². The Morgan fingerprint density at radius 1 is 1.07 bits per heavy atom. The van der Waals surface area contributed by atoms with Gasteiger partial charge in [0.15, 0.2) is 5.96 Å². The summed E-state index contributed by atoms with van der Waals surface area (Å²) in [5, 5.41) is 3.47. The second-order valence-corrected chi connectivity index (χ2v) is 7.94. The molecule has 29 heavy (non-hydrogen) atoms. The van der Waals surface area contributed by atoms with E-state index < -0.39 is 0 Å². The monoisotopic (exact) mass is 508 g/mol. The molecule has 0 amide bonds. The Labute approximate surface area is 191 Å². The van der Waals surface area contributed by atoms with Gasteiger partial charge >= 0.3 is 0 Å². The Bertz CT molecular complexity index is 768. The predicted octanol–water partition coefficient (Wildman–Crippen LogP) is 3.47. The number of aliphatic imine (C=N–C) groups is 1. The summed E-state index contributed by atoms with van der Waals surface area (Å²) in [6, 6.07) is 10.6. The molecule has 0 radical (unpaired) electrons. The fourth-order valence-corrected chi connectivity index (χ4v) is 3.37. The number of aryl methyl sites for hydroxylation is 1. The van der Waals surface area contributed by atoms with Gasteiger partial charge in [0.2, 0.25) is 5.95 Å². The van der Waals surface area contributed by atoms with E-state index in [4.69, 9.17) is 4.99 Å². The summed E-state index contributed by atoms with van der Waals surface area (Å²) in [6.07, 6.45) is 3.60. The van der Waals surface area contributed by atoms with Crippen LogP contribution in [0.3, 0.4) is 0 Å². The number of hydrogen-bond acceptors (Lipinski definition) is 4. The van der Waals surface area contributed by atoms with Crippen LogP contribution in [-0.4, -0.2) is 60.1 Å². The normalized spacial score (nSPS) is 15.1. The molecule has 1 N–H and O–H groups in total. The molecule has 1 aromatic carbocycles. The molecule has 2 heterocycles. The number of rotatable bonds is 5. The highest BCUT2D eigenvalue weighted by Crippen LogP contribution is 2.24. The van der Waals surface area contributed by atoms with E-state index in [1.54, 1.807) is 12.4 Å². The maximum atomic E-state index is 4.99. The summed E-state index contributed by atoms with van der Waals surface area (Å²) in [5.41, 5.74) is 2.61. The van der Waals surface area contributed by atoms with E-state index >= 15 is 0 Å². The van der Waals surface area contributed by atoms with E-state index in [1.807, 2.05) is 6.07 Å². The van der Waals surface area contributed by atoms with E-state index in [1.165, 1.54) is 11.1 Å². The number of nitrogens with one attached hydrogen (secondary N) is 1. The summed E-state index contributed by atoms with van der Waals surface area (Å²) in [4.78, 5) is 18.3. The van der Waals surface area contributed by atoms with Gasteiger partial charge in [-0.1, -0.05) is 43.7 Å². The topological polar surface area (TPSA) is 56.7 Å². The molecule has 3 rings (SSSR count). The highest BCUT2D eigenvalue weighted by atomic mass is 127. The van der Waals surface area contributed by atoms with Crippen LogP contribution in [0.2, 0.25) is 0 Å². The van der Waals surface area contributed by atoms with Gasteiger partial charge in [-0.15, -0.1) is 24.0 Å². The van der Waals surface area contributed by atoms with Crippen LogP contribution in [0.5, 0.6) is 0 Å². The number of benzene rings is 1. The summed E-state index contributed by atoms with van der Waals surface area (Å²) < 4.78 is 0. The Balaban J connectivity index is 0.00000300. The fourth-order valence-electron chi connectivity index (χ4n) is 3.37. The van der Waals surface area contributed by atoms with Gasteiger partial charge in [0.25, 0.3) is 0 Å². The Morgan fingerprint density at radius 3 is 2.28 bits per heavy atom. The zero-order valence-corrected chi connectivity index (χ0v) is 20.3. The van der Waals surface area contributed by atoms with E-state index in [2.05, 4.69) is 77.0 Å². The van der Waals surface area contributed by atoms with Gasteiger partial charge in [-0.2, -0.15) is 0 Å². The molecule has 1 saturated heterocycles. The van der Waals surface area contributed by atoms with Crippen molar-refractivity contribution in [2.75, 3.05) is 44.2 Å². The van der Waals surface area contributed by atoms with E-state index in [0.717, 1.165) is 51.2 Å². The van der Waals surface area contributed by atoms with Crippen molar-refractivity contribution >= 4 is 35.9 Å². The number of anilines is 1. The van der Waals surface area contributed by atoms with Gasteiger partial charge in [-0.05, 0) is 25.5 Å². The average Bonchev–Trinajstić information content (AvgIpc) is 2.72. The zero-order valence-electron chi connectivity index (χ0n) is 17.9. The molecule has 7 heteroatoms. The van der Waals surface area contributed by atoms with Crippen molar-refractivity contribution < 1.29 is 0 Å². The Hall–Kier alpha value is -1.90. The van der Waals surface area contributed by atoms with Crippen molar-refractivity contribution in [3.05, 3.63) is 53.9 Å². The second kappa shape index (κ2) is 10.8. The van der Waals surface area contributed by atoms with Crippen LogP contribution in [0.15, 0.2) is 47.7 Å². The van der Waals surface area contributed by atoms with E-state index in [0.29, 0.717) is 0 Å². The molecule has 0 spiro atoms. The predicted molar refractivity (Wildman–Crippen MR) is 131 cm³/mol. The first kappa shape index (κ1) is 23.4. The number of guanidine groups is 1. The van der Waals surface area contributed by atoms with Gasteiger partial charge < -0.3 is 15.1 Å². The van der Waals surface area contributed by atoms with Crippen LogP contribution >= 0.6 is 24.0 Å². The van der Waals surface area contributed by atoms with Gasteiger partial charge in [-0.3, -0.25) is 4.99 Å². The zero-order chi connectivity index (χ0) is 20.0. The number of nitrogens with zero attached hydrogens (tertiary/aromatic N) is 5. The molecule has 1 aromatic heterocycles. The smallest absolute Gasteiger partial charge is 0.225 e. The molecule has 1 aliphatic heterocycles. The quantitative estimate of drug-likeness (QED) is 0.381. The molecule has 158 valence electrons. The lowest BCUT2D eigenvalue weighted by molar-refractivity contribution is 0.368. The highest BCUT2D eigenvalue weighted by molar-refractivity contribution is 14.0. The van der Waals surface area contributed by atoms with E-state index in [-0.39, 0.29) is 29.4 Å². The molecule has 0 atom stereocenters. The molecule has 2 aromatic rings. The maximum Gasteiger partial charge on any atom is 0.225 e. The number of halogens is 1. The SMILES string of the molecule is CCNC(=NCC(C)(C)c1ccc(C)cc1)N1CCN(c2ncccn2)CC1.I. The van der Waals surface area contributed by atoms with Crippen LogP contribution in [0.25, 0.3) is 0 Å².